The van der Waals surface area contributed by atoms with Crippen LogP contribution >= 0.6 is 11.6 Å². The number of hydrogen-bond donors (Lipinski definition) is 0. The van der Waals surface area contributed by atoms with Gasteiger partial charge in [0.05, 0.1) is 13.2 Å². The summed E-state index contributed by atoms with van der Waals surface area (Å²) in [7, 11) is 0. The van der Waals surface area contributed by atoms with Crippen molar-refractivity contribution in [2.45, 2.75) is 20.8 Å². The standard InChI is InChI=1S/C11H12ClN3O2.C2H6/c1-7-6-8-9(17-7)10(14-11(12)13-8)15-2-4-16-5-3-15;1-2/h6H,2-5H2,1H3;1-2H3. The Balaban J connectivity index is 0.000000637. The van der Waals surface area contributed by atoms with Crippen molar-refractivity contribution in [3.8, 4) is 0 Å². The molecule has 0 unspecified atom stereocenters. The van der Waals surface area contributed by atoms with E-state index in [4.69, 9.17) is 20.8 Å². The average Bonchev–Trinajstić information content (AvgIpc) is 2.81. The fraction of sp³-hybridized carbons (Fsp3) is 0.538. The molecule has 0 radical (unpaired) electrons. The molecule has 6 heteroatoms. The van der Waals surface area contributed by atoms with Crippen LogP contribution in [0.15, 0.2) is 10.5 Å². The molecule has 0 aliphatic carbocycles. The van der Waals surface area contributed by atoms with Crippen LogP contribution in [-0.4, -0.2) is 36.3 Å². The smallest absolute Gasteiger partial charge is 0.225 e. The van der Waals surface area contributed by atoms with E-state index in [9.17, 15) is 0 Å². The third kappa shape index (κ3) is 2.98. The lowest BCUT2D eigenvalue weighted by molar-refractivity contribution is 0.122. The highest BCUT2D eigenvalue weighted by atomic mass is 35.5. The van der Waals surface area contributed by atoms with Gasteiger partial charge in [-0.05, 0) is 18.5 Å². The quantitative estimate of drug-likeness (QED) is 0.753. The molecule has 0 saturated carbocycles. The first-order chi connectivity index (χ1) is 9.24. The van der Waals surface area contributed by atoms with Gasteiger partial charge >= 0.3 is 0 Å². The number of halogens is 1. The Bertz CT molecular complexity index is 550. The first kappa shape index (κ1) is 14.1. The van der Waals surface area contributed by atoms with Gasteiger partial charge in [-0.25, -0.2) is 4.98 Å². The largest absolute Gasteiger partial charge is 0.456 e. The lowest BCUT2D eigenvalue weighted by Crippen LogP contribution is -2.36. The summed E-state index contributed by atoms with van der Waals surface area (Å²) < 4.78 is 11.0. The predicted octanol–water partition coefficient (Wildman–Crippen LogP) is 3.05. The van der Waals surface area contributed by atoms with Gasteiger partial charge in [0.1, 0.15) is 11.3 Å². The fourth-order valence-electron chi connectivity index (χ4n) is 2.00. The van der Waals surface area contributed by atoms with Crippen LogP contribution in [0.25, 0.3) is 11.1 Å². The summed E-state index contributed by atoms with van der Waals surface area (Å²) in [5.74, 6) is 1.57. The topological polar surface area (TPSA) is 51.4 Å². The van der Waals surface area contributed by atoms with Crippen molar-refractivity contribution in [3.05, 3.63) is 17.1 Å². The highest BCUT2D eigenvalue weighted by Gasteiger charge is 2.19. The fourth-order valence-corrected chi connectivity index (χ4v) is 2.17. The average molecular weight is 284 g/mol. The second-order valence-corrected chi connectivity index (χ2v) is 4.33. The molecular formula is C13H18ClN3O2. The highest BCUT2D eigenvalue weighted by Crippen LogP contribution is 2.28. The second-order valence-electron chi connectivity index (χ2n) is 3.99. The predicted molar refractivity (Wildman–Crippen MR) is 75.9 cm³/mol. The van der Waals surface area contributed by atoms with Crippen molar-refractivity contribution in [2.75, 3.05) is 31.2 Å². The zero-order valence-corrected chi connectivity index (χ0v) is 12.2. The van der Waals surface area contributed by atoms with E-state index in [1.807, 2.05) is 26.8 Å². The van der Waals surface area contributed by atoms with E-state index in [1.165, 1.54) is 0 Å². The number of fused-ring (bicyclic) bond motifs is 1. The van der Waals surface area contributed by atoms with Crippen molar-refractivity contribution in [3.63, 3.8) is 0 Å². The van der Waals surface area contributed by atoms with Crippen LogP contribution in [0.3, 0.4) is 0 Å². The minimum atomic E-state index is 0.250. The van der Waals surface area contributed by atoms with E-state index in [0.29, 0.717) is 18.8 Å². The maximum absolute atomic E-state index is 5.93. The van der Waals surface area contributed by atoms with Gasteiger partial charge in [0.15, 0.2) is 11.4 Å². The summed E-state index contributed by atoms with van der Waals surface area (Å²) >= 11 is 5.93. The number of nitrogens with zero attached hydrogens (tertiary/aromatic N) is 3. The second kappa shape index (κ2) is 6.21. The summed E-state index contributed by atoms with van der Waals surface area (Å²) in [4.78, 5) is 10.5. The van der Waals surface area contributed by atoms with Crippen molar-refractivity contribution in [1.29, 1.82) is 0 Å². The molecule has 0 amide bonds. The monoisotopic (exact) mass is 283 g/mol. The van der Waals surface area contributed by atoms with Crippen LogP contribution in [0.4, 0.5) is 5.82 Å². The number of ether oxygens (including phenoxy) is 1. The molecule has 3 rings (SSSR count). The van der Waals surface area contributed by atoms with Crippen molar-refractivity contribution in [2.24, 2.45) is 0 Å². The van der Waals surface area contributed by atoms with Gasteiger partial charge in [0.25, 0.3) is 0 Å². The molecule has 1 saturated heterocycles. The highest BCUT2D eigenvalue weighted by molar-refractivity contribution is 6.28. The third-order valence-electron chi connectivity index (χ3n) is 2.76. The number of hydrogen-bond acceptors (Lipinski definition) is 5. The Morgan fingerprint density at radius 3 is 2.58 bits per heavy atom. The SMILES string of the molecule is CC.Cc1cc2nc(Cl)nc(N3CCOCC3)c2o1. The van der Waals surface area contributed by atoms with Crippen molar-refractivity contribution < 1.29 is 9.15 Å². The number of rotatable bonds is 1. The van der Waals surface area contributed by atoms with Crippen LogP contribution in [0.2, 0.25) is 5.28 Å². The number of furan rings is 1. The summed E-state index contributed by atoms with van der Waals surface area (Å²) in [5, 5.41) is 0.250. The number of aryl methyl sites for hydroxylation is 1. The number of morpholine rings is 1. The maximum atomic E-state index is 5.93. The zero-order valence-electron chi connectivity index (χ0n) is 11.4. The molecule has 1 aliphatic heterocycles. The molecule has 2 aromatic heterocycles. The minimum absolute atomic E-state index is 0.250. The van der Waals surface area contributed by atoms with Gasteiger partial charge in [-0.15, -0.1) is 0 Å². The number of anilines is 1. The minimum Gasteiger partial charge on any atom is -0.456 e. The number of aromatic nitrogens is 2. The van der Waals surface area contributed by atoms with Gasteiger partial charge in [0.2, 0.25) is 5.28 Å². The van der Waals surface area contributed by atoms with E-state index in [-0.39, 0.29) is 5.28 Å². The molecule has 3 heterocycles. The Labute approximate surface area is 117 Å². The van der Waals surface area contributed by atoms with Gasteiger partial charge in [-0.1, -0.05) is 13.8 Å². The Hall–Kier alpha value is -1.33. The van der Waals surface area contributed by atoms with Crippen molar-refractivity contribution in [1.82, 2.24) is 9.97 Å². The first-order valence-electron chi connectivity index (χ1n) is 6.50. The lowest BCUT2D eigenvalue weighted by atomic mass is 10.3. The van der Waals surface area contributed by atoms with Crippen LogP contribution < -0.4 is 4.90 Å². The molecule has 2 aromatic rings. The molecule has 1 aliphatic rings. The van der Waals surface area contributed by atoms with Gasteiger partial charge < -0.3 is 14.1 Å². The van der Waals surface area contributed by atoms with Crippen LogP contribution in [0.1, 0.15) is 19.6 Å². The maximum Gasteiger partial charge on any atom is 0.225 e. The van der Waals surface area contributed by atoms with Crippen LogP contribution in [0.5, 0.6) is 0 Å². The van der Waals surface area contributed by atoms with Gasteiger partial charge in [-0.3, -0.25) is 0 Å². The lowest BCUT2D eigenvalue weighted by Gasteiger charge is -2.27. The van der Waals surface area contributed by atoms with Gasteiger partial charge in [-0.2, -0.15) is 4.98 Å². The van der Waals surface area contributed by atoms with Crippen LogP contribution in [0, 0.1) is 6.92 Å². The molecule has 1 fully saturated rings. The molecule has 0 spiro atoms. The van der Waals surface area contributed by atoms with E-state index >= 15 is 0 Å². The molecule has 0 atom stereocenters. The summed E-state index contributed by atoms with van der Waals surface area (Å²) in [6.45, 7) is 8.87. The Kier molecular flexibility index (Phi) is 4.61. The summed E-state index contributed by atoms with van der Waals surface area (Å²) in [5.41, 5.74) is 1.46. The summed E-state index contributed by atoms with van der Waals surface area (Å²) in [6, 6.07) is 1.87. The Morgan fingerprint density at radius 2 is 1.89 bits per heavy atom. The van der Waals surface area contributed by atoms with E-state index in [0.717, 1.165) is 30.2 Å². The molecule has 0 bridgehead atoms. The molecule has 104 valence electrons. The summed E-state index contributed by atoms with van der Waals surface area (Å²) in [6.07, 6.45) is 0. The molecule has 5 nitrogen and oxygen atoms in total. The van der Waals surface area contributed by atoms with Gasteiger partial charge in [0, 0.05) is 19.2 Å². The molecule has 19 heavy (non-hydrogen) atoms. The van der Waals surface area contributed by atoms with Crippen LogP contribution in [-0.2, 0) is 4.74 Å². The third-order valence-corrected chi connectivity index (χ3v) is 2.93. The van der Waals surface area contributed by atoms with E-state index in [2.05, 4.69) is 14.9 Å². The molecule has 0 N–H and O–H groups in total. The Morgan fingerprint density at radius 1 is 1.21 bits per heavy atom. The molecular weight excluding hydrogens is 266 g/mol. The normalized spacial score (nSPS) is 15.3. The first-order valence-corrected chi connectivity index (χ1v) is 6.88. The van der Waals surface area contributed by atoms with Crippen molar-refractivity contribution >= 4 is 28.5 Å². The zero-order chi connectivity index (χ0) is 13.8. The molecule has 0 aromatic carbocycles. The van der Waals surface area contributed by atoms with E-state index in [1.54, 1.807) is 0 Å². The van der Waals surface area contributed by atoms with E-state index < -0.39 is 0 Å².